The number of methoxy groups -OCH3 is 1. The van der Waals surface area contributed by atoms with E-state index in [0.717, 1.165) is 16.7 Å². The van der Waals surface area contributed by atoms with Crippen molar-refractivity contribution < 1.29 is 28.7 Å². The van der Waals surface area contributed by atoms with Gasteiger partial charge in [0.05, 0.1) is 23.1 Å². The predicted molar refractivity (Wildman–Crippen MR) is 123 cm³/mol. The maximum atomic E-state index is 13.8. The van der Waals surface area contributed by atoms with Crippen LogP contribution < -0.4 is 4.74 Å². The summed E-state index contributed by atoms with van der Waals surface area (Å²) in [6.07, 6.45) is 0. The Morgan fingerprint density at radius 1 is 0.788 bits per heavy atom. The monoisotopic (exact) mass is 458 g/mol. The molecule has 1 aliphatic rings. The smallest absolute Gasteiger partial charge is 0.338 e. The van der Waals surface area contributed by atoms with E-state index >= 15 is 0 Å². The molecule has 0 bridgehead atoms. The summed E-state index contributed by atoms with van der Waals surface area (Å²) in [4.78, 5) is 52.4. The Bertz CT molecular complexity index is 1320. The third-order valence-corrected chi connectivity index (χ3v) is 6.08. The molecule has 0 amide bonds. The molecule has 1 aliphatic carbocycles. The molecule has 7 heteroatoms. The van der Waals surface area contributed by atoms with Crippen LogP contribution in [0.4, 0.5) is 0 Å². The number of ether oxygens (including phenoxy) is 2. The van der Waals surface area contributed by atoms with Gasteiger partial charge in [-0.15, -0.1) is 0 Å². The van der Waals surface area contributed by atoms with Crippen molar-refractivity contribution >= 4 is 40.8 Å². The topological polar surface area (TPSA) is 86.7 Å². The van der Waals surface area contributed by atoms with Crippen LogP contribution in [-0.4, -0.2) is 30.6 Å². The van der Waals surface area contributed by atoms with E-state index in [-0.39, 0.29) is 32.9 Å². The maximum Gasteiger partial charge on any atom is 0.338 e. The lowest BCUT2D eigenvalue weighted by molar-refractivity contribution is -0.131. The average molecular weight is 458 g/mol. The summed E-state index contributed by atoms with van der Waals surface area (Å²) in [5.74, 6) is -2.13. The van der Waals surface area contributed by atoms with Gasteiger partial charge in [0.15, 0.2) is 5.78 Å². The summed E-state index contributed by atoms with van der Waals surface area (Å²) >= 11 is 1.12. The number of carbonyl (C=O) groups excluding carboxylic acids is 4. The van der Waals surface area contributed by atoms with Gasteiger partial charge in [-0.1, -0.05) is 60.3 Å². The molecule has 0 radical (unpaired) electrons. The quantitative estimate of drug-likeness (QED) is 0.394. The molecule has 0 unspecified atom stereocenters. The van der Waals surface area contributed by atoms with Crippen LogP contribution in [0.2, 0.25) is 0 Å². The number of thioether (sulfide) groups is 1. The number of esters is 2. The zero-order valence-corrected chi connectivity index (χ0v) is 18.6. The number of hydrogen-bond donors (Lipinski definition) is 0. The van der Waals surface area contributed by atoms with E-state index in [1.165, 1.54) is 26.2 Å². The molecule has 0 heterocycles. The van der Waals surface area contributed by atoms with E-state index in [9.17, 15) is 19.2 Å². The zero-order chi connectivity index (χ0) is 23.5. The molecule has 0 fully saturated rings. The van der Waals surface area contributed by atoms with Crippen LogP contribution in [0.5, 0.6) is 5.75 Å². The fourth-order valence-corrected chi connectivity index (χ4v) is 4.63. The third kappa shape index (κ3) is 4.23. The molecule has 33 heavy (non-hydrogen) atoms. The Labute approximate surface area is 194 Å². The van der Waals surface area contributed by atoms with Crippen LogP contribution in [0.25, 0.3) is 5.57 Å². The normalized spacial score (nSPS) is 12.9. The molecule has 3 aromatic carbocycles. The van der Waals surface area contributed by atoms with Crippen molar-refractivity contribution in [2.75, 3.05) is 7.11 Å². The second-order valence-electron chi connectivity index (χ2n) is 7.09. The van der Waals surface area contributed by atoms with Crippen LogP contribution in [-0.2, 0) is 9.53 Å². The molecule has 6 nitrogen and oxygen atoms in total. The van der Waals surface area contributed by atoms with Crippen molar-refractivity contribution in [3.05, 3.63) is 100.0 Å². The second kappa shape index (κ2) is 9.26. The number of fused-ring (bicyclic) bond motifs is 1. The first kappa shape index (κ1) is 22.2. The zero-order valence-electron chi connectivity index (χ0n) is 17.8. The van der Waals surface area contributed by atoms with E-state index < -0.39 is 23.5 Å². The summed E-state index contributed by atoms with van der Waals surface area (Å²) < 4.78 is 10.1. The van der Waals surface area contributed by atoms with Gasteiger partial charge in [-0.25, -0.2) is 4.79 Å². The average Bonchev–Trinajstić information content (AvgIpc) is 2.82. The van der Waals surface area contributed by atoms with Crippen molar-refractivity contribution in [3.8, 4) is 5.75 Å². The number of rotatable bonds is 5. The van der Waals surface area contributed by atoms with Gasteiger partial charge in [0.1, 0.15) is 5.75 Å². The Morgan fingerprint density at radius 2 is 1.45 bits per heavy atom. The van der Waals surface area contributed by atoms with Gasteiger partial charge in [0.25, 0.3) is 0 Å². The van der Waals surface area contributed by atoms with E-state index in [4.69, 9.17) is 9.47 Å². The van der Waals surface area contributed by atoms with Crippen molar-refractivity contribution in [1.29, 1.82) is 0 Å². The third-order valence-electron chi connectivity index (χ3n) is 4.98. The number of carbonyl (C=O) groups is 4. The first-order valence-corrected chi connectivity index (χ1v) is 10.8. The Balaban J connectivity index is 1.99. The van der Waals surface area contributed by atoms with E-state index in [2.05, 4.69) is 0 Å². The lowest BCUT2D eigenvalue weighted by Gasteiger charge is -2.23. The van der Waals surface area contributed by atoms with Gasteiger partial charge in [-0.3, -0.25) is 14.4 Å². The van der Waals surface area contributed by atoms with Gasteiger partial charge in [-0.05, 0) is 24.3 Å². The van der Waals surface area contributed by atoms with Crippen LogP contribution in [0, 0.1) is 0 Å². The molecule has 3 aromatic rings. The molecular formula is C26H18O6S. The fourth-order valence-electron chi connectivity index (χ4n) is 3.60. The molecule has 0 spiro atoms. The fraction of sp³-hybridized carbons (Fsp3) is 0.0769. The highest BCUT2D eigenvalue weighted by Gasteiger charge is 2.37. The van der Waals surface area contributed by atoms with Gasteiger partial charge in [-0.2, -0.15) is 0 Å². The lowest BCUT2D eigenvalue weighted by Crippen LogP contribution is -2.23. The van der Waals surface area contributed by atoms with Gasteiger partial charge >= 0.3 is 11.9 Å². The Kier molecular flexibility index (Phi) is 6.24. The number of allylic oxidation sites excluding steroid dienone is 2. The van der Waals surface area contributed by atoms with Crippen LogP contribution >= 0.6 is 11.8 Å². The largest absolute Gasteiger partial charge is 0.465 e. The molecule has 164 valence electrons. The van der Waals surface area contributed by atoms with Crippen LogP contribution in [0.15, 0.2) is 82.6 Å². The minimum Gasteiger partial charge on any atom is -0.465 e. The van der Waals surface area contributed by atoms with E-state index in [0.29, 0.717) is 5.56 Å². The molecule has 0 atom stereocenters. The van der Waals surface area contributed by atoms with E-state index in [1.807, 2.05) is 30.3 Å². The van der Waals surface area contributed by atoms with Gasteiger partial charge in [0.2, 0.25) is 5.78 Å². The Morgan fingerprint density at radius 3 is 2.15 bits per heavy atom. The predicted octanol–water partition coefficient (Wildman–Crippen LogP) is 4.98. The molecule has 0 saturated heterocycles. The van der Waals surface area contributed by atoms with Gasteiger partial charge in [0, 0.05) is 28.5 Å². The number of Topliss-reactive ketones (excluding diaryl/α,β-unsaturated/α-hetero) is 2. The summed E-state index contributed by atoms with van der Waals surface area (Å²) in [6.45, 7) is 1.22. The number of benzene rings is 3. The van der Waals surface area contributed by atoms with Crippen LogP contribution in [0.3, 0.4) is 0 Å². The second-order valence-corrected chi connectivity index (χ2v) is 8.17. The SMILES string of the molecule is COC(=O)c1ccccc1C1=C(Sc2ccccc2)C(=O)c2c(OC(C)=O)cccc2C1=O. The highest BCUT2D eigenvalue weighted by molar-refractivity contribution is 8.04. The lowest BCUT2D eigenvalue weighted by atomic mass is 9.84. The maximum absolute atomic E-state index is 13.8. The summed E-state index contributed by atoms with van der Waals surface area (Å²) in [6, 6.07) is 20.1. The highest BCUT2D eigenvalue weighted by atomic mass is 32.2. The first-order chi connectivity index (χ1) is 15.9. The van der Waals surface area contributed by atoms with Crippen molar-refractivity contribution in [2.24, 2.45) is 0 Å². The molecule has 4 rings (SSSR count). The summed E-state index contributed by atoms with van der Waals surface area (Å²) in [7, 11) is 1.25. The van der Waals surface area contributed by atoms with Gasteiger partial charge < -0.3 is 9.47 Å². The minimum atomic E-state index is -0.623. The van der Waals surface area contributed by atoms with Crippen molar-refractivity contribution in [1.82, 2.24) is 0 Å². The molecule has 0 N–H and O–H groups in total. The molecule has 0 saturated carbocycles. The van der Waals surface area contributed by atoms with Crippen molar-refractivity contribution in [3.63, 3.8) is 0 Å². The minimum absolute atomic E-state index is 0.0183. The molecular weight excluding hydrogens is 440 g/mol. The molecule has 0 aliphatic heterocycles. The highest BCUT2D eigenvalue weighted by Crippen LogP contribution is 2.44. The molecule has 0 aromatic heterocycles. The van der Waals surface area contributed by atoms with Crippen LogP contribution in [0.1, 0.15) is 43.6 Å². The first-order valence-electron chi connectivity index (χ1n) is 9.98. The van der Waals surface area contributed by atoms with Crippen molar-refractivity contribution in [2.45, 2.75) is 11.8 Å². The summed E-state index contributed by atoms with van der Waals surface area (Å²) in [5.41, 5.74) is 0.690. The number of ketones is 2. The Hall–Kier alpha value is -3.97. The standard InChI is InChI=1S/C26H18O6S/c1-15(27)32-20-14-8-13-19-21(20)24(29)25(33-16-9-4-3-5-10-16)22(23(19)28)17-11-6-7-12-18(17)26(30)31-2/h3-14H,1-2H3. The number of hydrogen-bond acceptors (Lipinski definition) is 7. The van der Waals surface area contributed by atoms with E-state index in [1.54, 1.807) is 30.3 Å². The summed E-state index contributed by atoms with van der Waals surface area (Å²) in [5, 5.41) is 0.